The number of hydrogen-bond acceptors (Lipinski definition) is 17. The van der Waals surface area contributed by atoms with Crippen LogP contribution in [0.15, 0.2) is 0 Å². The highest BCUT2D eigenvalue weighted by Gasteiger charge is 2.61. The van der Waals surface area contributed by atoms with E-state index in [2.05, 4.69) is 29.7 Å². The molecule has 64 heavy (non-hydrogen) atoms. The number of esters is 2. The third-order valence-electron chi connectivity index (χ3n) is 14.5. The van der Waals surface area contributed by atoms with Crippen molar-refractivity contribution < 1.29 is 62.1 Å². The van der Waals surface area contributed by atoms with Crippen LogP contribution in [0.2, 0.25) is 0 Å². The lowest BCUT2D eigenvalue weighted by Crippen LogP contribution is -2.61. The van der Waals surface area contributed by atoms with E-state index in [1.165, 1.54) is 6.92 Å². The van der Waals surface area contributed by atoms with Gasteiger partial charge >= 0.3 is 11.9 Å². The molecule has 17 nitrogen and oxygen atoms in total. The molecule has 1 N–H and O–H groups in total. The van der Waals surface area contributed by atoms with Crippen molar-refractivity contribution in [2.24, 2.45) is 17.8 Å². The van der Waals surface area contributed by atoms with Crippen LogP contribution in [0.1, 0.15) is 115 Å². The van der Waals surface area contributed by atoms with Crippen LogP contribution in [0.4, 0.5) is 0 Å². The summed E-state index contributed by atoms with van der Waals surface area (Å²) >= 11 is 0. The van der Waals surface area contributed by atoms with Gasteiger partial charge in [-0.15, -0.1) is 0 Å². The van der Waals surface area contributed by atoms with Crippen LogP contribution < -0.4 is 0 Å². The SMILES string of the molecule is CC[C@H]1OC(=O)[C@H](C)[C@@H](O[C@H]2C[C@@](C)(OC)[C@@H](OC(C)=O)[C@H](C)O2)[C@H](C)[C@@H](O[C@@H]2O[C@H](C)C[C@H](N(C)C)[C@H]2OCCC#N)[C@](C)(O)C[C@@H](C)CN(C)[C@H](C)[C@H]2OC(C)(N(C)C)O[C@@]21C. The highest BCUT2D eigenvalue weighted by molar-refractivity contribution is 5.73. The van der Waals surface area contributed by atoms with E-state index in [4.69, 9.17) is 47.4 Å². The standard InChI is InChI=1S/C47H84N4O13/c1-19-35-46(11)40(63-47(12,64-46)50(15)16)31(6)51(17)26-27(2)24-44(9,54)39(62-43-38(56-22-20-21-48)34(49(13)14)23-28(3)57-43)29(4)37(30(5)42(53)60-35)61-36-25-45(10,55-18)41(32(7)58-36)59-33(8)52/h27-32,34-41,43,54H,19-20,22-26H2,1-18H3/t27-,28-,29+,30-,31-,32+,34+,35-,36+,37+,38-,39-,40-,41+,43+,44-,45-,46-,47?/m1/s1. The summed E-state index contributed by atoms with van der Waals surface area (Å²) in [6.07, 6.45) is -5.73. The predicted octanol–water partition coefficient (Wildman–Crippen LogP) is 4.71. The predicted molar refractivity (Wildman–Crippen MR) is 238 cm³/mol. The lowest BCUT2D eigenvalue weighted by Gasteiger charge is -2.49. The lowest BCUT2D eigenvalue weighted by atomic mass is 9.77. The van der Waals surface area contributed by atoms with Gasteiger partial charge in [-0.1, -0.05) is 20.8 Å². The molecule has 4 aliphatic heterocycles. The third kappa shape index (κ3) is 12.1. The highest BCUT2D eigenvalue weighted by atomic mass is 16.8. The fourth-order valence-corrected chi connectivity index (χ4v) is 10.7. The minimum Gasteiger partial charge on any atom is -0.459 e. The number of likely N-dealkylation sites (N-methyl/N-ethyl adjacent to an activating group) is 2. The summed E-state index contributed by atoms with van der Waals surface area (Å²) in [7, 11) is 11.3. The number of carbonyl (C=O) groups excluding carboxylic acids is 2. The summed E-state index contributed by atoms with van der Waals surface area (Å²) < 4.78 is 65.6. The summed E-state index contributed by atoms with van der Waals surface area (Å²) in [6, 6.07) is 1.82. The van der Waals surface area contributed by atoms with E-state index < -0.39 is 102 Å². The van der Waals surface area contributed by atoms with Gasteiger partial charge in [0.2, 0.25) is 5.91 Å². The molecule has 0 bridgehead atoms. The Morgan fingerprint density at radius 1 is 0.984 bits per heavy atom. The van der Waals surface area contributed by atoms with Crippen molar-refractivity contribution in [3.05, 3.63) is 0 Å². The number of nitrogens with zero attached hydrogens (tertiary/aromatic N) is 4. The second-order valence-corrected chi connectivity index (χ2v) is 20.4. The average molecular weight is 913 g/mol. The molecule has 4 fully saturated rings. The first kappa shape index (κ1) is 54.6. The molecule has 1 unspecified atom stereocenters. The number of methoxy groups -OCH3 is 1. The highest BCUT2D eigenvalue weighted by Crippen LogP contribution is 2.46. The fraction of sp³-hybridized carbons (Fsp3) is 0.936. The van der Waals surface area contributed by atoms with Gasteiger partial charge < -0.3 is 62.3 Å². The first-order valence-corrected chi connectivity index (χ1v) is 23.4. The number of hydrogen-bond donors (Lipinski definition) is 1. The first-order chi connectivity index (χ1) is 29.7. The molecule has 17 heteroatoms. The molecular formula is C47H84N4O13. The second-order valence-electron chi connectivity index (χ2n) is 20.4. The maximum absolute atomic E-state index is 15.0. The fourth-order valence-electron chi connectivity index (χ4n) is 10.7. The van der Waals surface area contributed by atoms with Gasteiger partial charge in [0.15, 0.2) is 18.7 Å². The van der Waals surface area contributed by atoms with E-state index in [0.29, 0.717) is 25.8 Å². The molecule has 0 aliphatic carbocycles. The van der Waals surface area contributed by atoms with Crippen LogP contribution in [0.5, 0.6) is 0 Å². The van der Waals surface area contributed by atoms with Gasteiger partial charge in [0.1, 0.15) is 29.5 Å². The van der Waals surface area contributed by atoms with E-state index in [1.54, 1.807) is 27.9 Å². The zero-order valence-electron chi connectivity index (χ0n) is 42.2. The number of nitriles is 1. The van der Waals surface area contributed by atoms with Crippen LogP contribution in [-0.4, -0.2) is 183 Å². The van der Waals surface area contributed by atoms with Crippen molar-refractivity contribution >= 4 is 11.9 Å². The summed E-state index contributed by atoms with van der Waals surface area (Å²) in [5.74, 6) is -3.89. The molecule has 0 aromatic rings. The number of ether oxygens (including phenoxy) is 10. The number of carbonyl (C=O) groups is 2. The quantitative estimate of drug-likeness (QED) is 0.210. The first-order valence-electron chi connectivity index (χ1n) is 23.4. The van der Waals surface area contributed by atoms with Gasteiger partial charge in [-0.25, -0.2) is 0 Å². The Morgan fingerprint density at radius 3 is 2.20 bits per heavy atom. The molecule has 0 radical (unpaired) electrons. The van der Waals surface area contributed by atoms with E-state index in [9.17, 15) is 20.0 Å². The summed E-state index contributed by atoms with van der Waals surface area (Å²) in [5.41, 5.74) is -3.63. The maximum atomic E-state index is 15.0. The zero-order valence-corrected chi connectivity index (χ0v) is 42.2. The van der Waals surface area contributed by atoms with Crippen LogP contribution in [0, 0.1) is 29.1 Å². The molecule has 4 rings (SSSR count). The van der Waals surface area contributed by atoms with E-state index >= 15 is 0 Å². The molecule has 0 spiro atoms. The van der Waals surface area contributed by atoms with Crippen molar-refractivity contribution in [1.82, 2.24) is 14.7 Å². The minimum atomic E-state index is -1.54. The number of aliphatic hydroxyl groups is 1. The van der Waals surface area contributed by atoms with Crippen molar-refractivity contribution in [1.29, 1.82) is 5.26 Å². The van der Waals surface area contributed by atoms with Gasteiger partial charge in [0.05, 0.1) is 55.0 Å². The zero-order chi connectivity index (χ0) is 48.3. The molecular weight excluding hydrogens is 829 g/mol. The van der Waals surface area contributed by atoms with Crippen LogP contribution in [-0.2, 0) is 57.0 Å². The van der Waals surface area contributed by atoms with Crippen molar-refractivity contribution in [2.75, 3.05) is 55.5 Å². The molecule has 4 saturated heterocycles. The van der Waals surface area contributed by atoms with Gasteiger partial charge in [-0.05, 0) is 109 Å². The molecule has 4 heterocycles. The van der Waals surface area contributed by atoms with Crippen molar-refractivity contribution in [3.8, 4) is 6.07 Å². The Labute approximate surface area is 383 Å². The van der Waals surface area contributed by atoms with Crippen molar-refractivity contribution in [2.45, 2.75) is 211 Å². The molecule has 370 valence electrons. The van der Waals surface area contributed by atoms with Gasteiger partial charge in [-0.2, -0.15) is 5.26 Å². The van der Waals surface area contributed by atoms with Crippen LogP contribution in [0.25, 0.3) is 0 Å². The average Bonchev–Trinajstić information content (AvgIpc) is 3.49. The molecule has 0 aromatic carbocycles. The van der Waals surface area contributed by atoms with Gasteiger partial charge in [-0.3, -0.25) is 14.5 Å². The number of fused-ring (bicyclic) bond motifs is 1. The molecule has 19 atom stereocenters. The Morgan fingerprint density at radius 2 is 1.64 bits per heavy atom. The summed E-state index contributed by atoms with van der Waals surface area (Å²) in [4.78, 5) is 33.3. The minimum absolute atomic E-state index is 0.0807. The van der Waals surface area contributed by atoms with E-state index in [0.717, 1.165) is 0 Å². The number of cyclic esters (lactones) is 1. The summed E-state index contributed by atoms with van der Waals surface area (Å²) in [5, 5.41) is 22.4. The number of rotatable bonds is 12. The van der Waals surface area contributed by atoms with Gasteiger partial charge in [0, 0.05) is 51.9 Å². The summed E-state index contributed by atoms with van der Waals surface area (Å²) in [6.45, 7) is 23.1. The van der Waals surface area contributed by atoms with Gasteiger partial charge in [0.25, 0.3) is 0 Å². The van der Waals surface area contributed by atoms with Crippen LogP contribution >= 0.6 is 0 Å². The maximum Gasteiger partial charge on any atom is 0.311 e. The third-order valence-corrected chi connectivity index (χ3v) is 14.5. The Balaban J connectivity index is 1.89. The molecule has 4 aliphatic rings. The smallest absolute Gasteiger partial charge is 0.311 e. The van der Waals surface area contributed by atoms with E-state index in [-0.39, 0.29) is 43.6 Å². The second kappa shape index (κ2) is 21.9. The van der Waals surface area contributed by atoms with E-state index in [1.807, 2.05) is 81.7 Å². The normalized spacial score (nSPS) is 45.6. The largest absolute Gasteiger partial charge is 0.459 e. The Hall–Kier alpha value is -2.05. The topological polar surface area (TPSA) is 180 Å². The Kier molecular flexibility index (Phi) is 18.7. The van der Waals surface area contributed by atoms with Crippen LogP contribution in [0.3, 0.4) is 0 Å². The Bertz CT molecular complexity index is 1580. The van der Waals surface area contributed by atoms with Crippen molar-refractivity contribution in [3.63, 3.8) is 0 Å². The lowest BCUT2D eigenvalue weighted by molar-refractivity contribution is -0.321. The monoisotopic (exact) mass is 913 g/mol. The molecule has 0 amide bonds. The molecule has 0 saturated carbocycles. The molecule has 0 aromatic heterocycles.